The van der Waals surface area contributed by atoms with Gasteiger partial charge in [-0.1, -0.05) is 0 Å². The zero-order valence-corrected chi connectivity index (χ0v) is 12.2. The summed E-state index contributed by atoms with van der Waals surface area (Å²) in [5, 5.41) is 8.90. The molecule has 0 aliphatic heterocycles. The minimum Gasteiger partial charge on any atom is -0.396 e. The number of anilines is 1. The molecule has 20 heavy (non-hydrogen) atoms. The molecule has 1 aromatic rings. The summed E-state index contributed by atoms with van der Waals surface area (Å²) in [7, 11) is -2.42. The van der Waals surface area contributed by atoms with Gasteiger partial charge in [-0.25, -0.2) is 17.5 Å². The average Bonchev–Trinajstić information content (AvgIpc) is 2.35. The lowest BCUT2D eigenvalue weighted by Crippen LogP contribution is -2.38. The van der Waals surface area contributed by atoms with Crippen LogP contribution in [0.15, 0.2) is 17.0 Å². The van der Waals surface area contributed by atoms with E-state index in [1.54, 1.807) is 0 Å². The summed E-state index contributed by atoms with van der Waals surface area (Å²) in [5.74, 6) is -0.632. The zero-order valence-electron chi connectivity index (χ0n) is 11.4. The number of sulfonamides is 1. The van der Waals surface area contributed by atoms with Crippen LogP contribution in [0.3, 0.4) is 0 Å². The number of hydrogen-bond acceptors (Lipinski definition) is 5. The third-order valence-corrected chi connectivity index (χ3v) is 4.23. The van der Waals surface area contributed by atoms with Crippen LogP contribution in [0.2, 0.25) is 0 Å². The summed E-state index contributed by atoms with van der Waals surface area (Å²) in [6, 6.07) is 1.70. The molecule has 0 spiro atoms. The molecule has 0 aliphatic carbocycles. The molecule has 114 valence electrons. The molecule has 1 aromatic carbocycles. The molecule has 0 aromatic heterocycles. The van der Waals surface area contributed by atoms with Crippen molar-refractivity contribution >= 4 is 15.7 Å². The van der Waals surface area contributed by atoms with Crippen LogP contribution in [-0.2, 0) is 14.8 Å². The molecule has 8 heteroatoms. The smallest absolute Gasteiger partial charge is 0.240 e. The molecule has 6 nitrogen and oxygen atoms in total. The maximum absolute atomic E-state index is 13.4. The summed E-state index contributed by atoms with van der Waals surface area (Å²) < 4.78 is 45.0. The van der Waals surface area contributed by atoms with Crippen molar-refractivity contribution in [3.8, 4) is 0 Å². The van der Waals surface area contributed by atoms with Crippen molar-refractivity contribution < 1.29 is 22.7 Å². The number of aliphatic hydroxyl groups excluding tert-OH is 1. The predicted octanol–water partition coefficient (Wildman–Crippen LogP) is 0.392. The van der Waals surface area contributed by atoms with Gasteiger partial charge in [0.2, 0.25) is 10.0 Å². The summed E-state index contributed by atoms with van der Waals surface area (Å²) in [5.41, 5.74) is 5.36. The Labute approximate surface area is 117 Å². The minimum absolute atomic E-state index is 0.118. The van der Waals surface area contributed by atoms with Crippen molar-refractivity contribution in [3.05, 3.63) is 23.5 Å². The van der Waals surface area contributed by atoms with Crippen molar-refractivity contribution in [1.82, 2.24) is 4.72 Å². The van der Waals surface area contributed by atoms with Gasteiger partial charge in [-0.05, 0) is 31.0 Å². The standard InChI is InChI=1S/C12H19FN2O4S/c1-8-5-10(6-11(14)12(8)13)20(17,18)15-9(3-4-16)7-19-2/h5-6,9,15-16H,3-4,7,14H2,1-2H3. The molecule has 1 rings (SSSR count). The van der Waals surface area contributed by atoms with Gasteiger partial charge >= 0.3 is 0 Å². The van der Waals surface area contributed by atoms with Crippen LogP contribution in [0, 0.1) is 12.7 Å². The van der Waals surface area contributed by atoms with Crippen LogP contribution in [0.5, 0.6) is 0 Å². The fourth-order valence-electron chi connectivity index (χ4n) is 1.74. The Bertz CT molecular complexity index is 534. The summed E-state index contributed by atoms with van der Waals surface area (Å²) in [4.78, 5) is -0.118. The van der Waals surface area contributed by atoms with Gasteiger partial charge in [-0.15, -0.1) is 0 Å². The fourth-order valence-corrected chi connectivity index (χ4v) is 3.11. The van der Waals surface area contributed by atoms with Crippen molar-refractivity contribution in [3.63, 3.8) is 0 Å². The number of nitrogens with one attached hydrogen (secondary N) is 1. The first-order chi connectivity index (χ1) is 9.31. The van der Waals surface area contributed by atoms with E-state index in [0.29, 0.717) is 0 Å². The number of rotatable bonds is 7. The van der Waals surface area contributed by atoms with Gasteiger partial charge < -0.3 is 15.6 Å². The number of ether oxygens (including phenoxy) is 1. The Morgan fingerprint density at radius 2 is 2.15 bits per heavy atom. The number of methoxy groups -OCH3 is 1. The molecular formula is C12H19FN2O4S. The zero-order chi connectivity index (χ0) is 15.3. The first-order valence-corrected chi connectivity index (χ1v) is 7.48. The second-order valence-electron chi connectivity index (χ2n) is 4.43. The Morgan fingerprint density at radius 1 is 1.50 bits per heavy atom. The summed E-state index contributed by atoms with van der Waals surface area (Å²) >= 11 is 0. The topological polar surface area (TPSA) is 102 Å². The van der Waals surface area contributed by atoms with Crippen molar-refractivity contribution in [1.29, 1.82) is 0 Å². The van der Waals surface area contributed by atoms with Gasteiger partial charge in [0, 0.05) is 19.8 Å². The molecule has 1 unspecified atom stereocenters. The van der Waals surface area contributed by atoms with E-state index in [2.05, 4.69) is 4.72 Å². The Kier molecular flexibility index (Phi) is 5.88. The first-order valence-electron chi connectivity index (χ1n) is 5.99. The number of aliphatic hydroxyl groups is 1. The molecular weight excluding hydrogens is 287 g/mol. The number of aryl methyl sites for hydroxylation is 1. The number of hydrogen-bond donors (Lipinski definition) is 3. The van der Waals surface area contributed by atoms with Crippen molar-refractivity contribution in [2.45, 2.75) is 24.3 Å². The van der Waals surface area contributed by atoms with Crippen molar-refractivity contribution in [2.24, 2.45) is 0 Å². The predicted molar refractivity (Wildman–Crippen MR) is 73.2 cm³/mol. The number of nitrogens with two attached hydrogens (primary N) is 1. The fraction of sp³-hybridized carbons (Fsp3) is 0.500. The van der Waals surface area contributed by atoms with Gasteiger partial charge in [0.25, 0.3) is 0 Å². The maximum atomic E-state index is 13.4. The van der Waals surface area contributed by atoms with E-state index < -0.39 is 21.9 Å². The quantitative estimate of drug-likeness (QED) is 0.633. The largest absolute Gasteiger partial charge is 0.396 e. The Morgan fingerprint density at radius 3 is 2.65 bits per heavy atom. The highest BCUT2D eigenvalue weighted by Gasteiger charge is 2.21. The second kappa shape index (κ2) is 6.98. The van der Waals surface area contributed by atoms with Gasteiger partial charge in [0.1, 0.15) is 5.82 Å². The molecule has 0 fully saturated rings. The van der Waals surface area contributed by atoms with E-state index in [4.69, 9.17) is 15.6 Å². The summed E-state index contributed by atoms with van der Waals surface area (Å²) in [6.45, 7) is 1.38. The highest BCUT2D eigenvalue weighted by atomic mass is 32.2. The van der Waals surface area contributed by atoms with Gasteiger partial charge in [-0.3, -0.25) is 0 Å². The van der Waals surface area contributed by atoms with E-state index in [9.17, 15) is 12.8 Å². The van der Waals surface area contributed by atoms with Crippen LogP contribution in [0.1, 0.15) is 12.0 Å². The van der Waals surface area contributed by atoms with E-state index in [0.717, 1.165) is 6.07 Å². The van der Waals surface area contributed by atoms with E-state index in [-0.39, 0.29) is 35.8 Å². The van der Waals surface area contributed by atoms with Crippen molar-refractivity contribution in [2.75, 3.05) is 26.1 Å². The molecule has 0 heterocycles. The maximum Gasteiger partial charge on any atom is 0.240 e. The third-order valence-electron chi connectivity index (χ3n) is 2.73. The molecule has 0 bridgehead atoms. The van der Waals surface area contributed by atoms with Crippen LogP contribution in [-0.4, -0.2) is 39.9 Å². The normalized spacial score (nSPS) is 13.4. The number of halogens is 1. The highest BCUT2D eigenvalue weighted by molar-refractivity contribution is 7.89. The monoisotopic (exact) mass is 306 g/mol. The summed E-state index contributed by atoms with van der Waals surface area (Å²) in [6.07, 6.45) is 0.211. The lowest BCUT2D eigenvalue weighted by atomic mass is 10.2. The molecule has 0 saturated carbocycles. The molecule has 0 aliphatic rings. The third kappa shape index (κ3) is 4.14. The molecule has 0 radical (unpaired) electrons. The molecule has 1 atom stereocenters. The highest BCUT2D eigenvalue weighted by Crippen LogP contribution is 2.21. The Hall–Kier alpha value is -1.22. The number of benzene rings is 1. The minimum atomic E-state index is -3.85. The average molecular weight is 306 g/mol. The van der Waals surface area contributed by atoms with Crippen LogP contribution < -0.4 is 10.5 Å². The molecule has 0 amide bonds. The molecule has 0 saturated heterocycles. The van der Waals surface area contributed by atoms with E-state index in [1.165, 1.54) is 20.1 Å². The van der Waals surface area contributed by atoms with E-state index in [1.807, 2.05) is 0 Å². The second-order valence-corrected chi connectivity index (χ2v) is 6.14. The molecule has 4 N–H and O–H groups in total. The van der Waals surface area contributed by atoms with Gasteiger partial charge in [0.05, 0.1) is 17.2 Å². The van der Waals surface area contributed by atoms with Gasteiger partial charge in [-0.2, -0.15) is 0 Å². The van der Waals surface area contributed by atoms with Gasteiger partial charge in [0.15, 0.2) is 0 Å². The van der Waals surface area contributed by atoms with Crippen LogP contribution in [0.4, 0.5) is 10.1 Å². The SMILES string of the molecule is COCC(CCO)NS(=O)(=O)c1cc(C)c(F)c(N)c1. The lowest BCUT2D eigenvalue weighted by molar-refractivity contribution is 0.158. The first kappa shape index (κ1) is 16.8. The lowest BCUT2D eigenvalue weighted by Gasteiger charge is -2.17. The number of nitrogen functional groups attached to an aromatic ring is 1. The van der Waals surface area contributed by atoms with Crippen LogP contribution in [0.25, 0.3) is 0 Å². The Balaban J connectivity index is 3.04. The van der Waals surface area contributed by atoms with E-state index >= 15 is 0 Å². The van der Waals surface area contributed by atoms with Crippen LogP contribution >= 0.6 is 0 Å².